The fraction of sp³-hybridized carbons (Fsp3) is 0.519. The van der Waals surface area contributed by atoms with Gasteiger partial charge in [0.15, 0.2) is 8.32 Å². The average Bonchev–Trinajstić information content (AvgIpc) is 2.86. The highest BCUT2D eigenvalue weighted by molar-refractivity contribution is 6.74. The highest BCUT2D eigenvalue weighted by atomic mass is 28.4. The van der Waals surface area contributed by atoms with Gasteiger partial charge < -0.3 is 18.6 Å². The number of hydrogen-bond donors (Lipinski definition) is 0. The minimum atomic E-state index is -2.23. The lowest BCUT2D eigenvalue weighted by Gasteiger charge is -2.40. The number of amides is 1. The highest BCUT2D eigenvalue weighted by Crippen LogP contribution is 2.37. The van der Waals surface area contributed by atoms with E-state index in [-0.39, 0.29) is 29.4 Å². The number of carbonyl (C=O) groups excluding carboxylic acids is 1. The molecule has 0 bridgehead atoms. The number of aromatic nitrogens is 2. The van der Waals surface area contributed by atoms with Crippen LogP contribution >= 0.6 is 0 Å². The van der Waals surface area contributed by atoms with Gasteiger partial charge in [-0.25, -0.2) is 4.79 Å². The molecule has 0 unspecified atom stereocenters. The van der Waals surface area contributed by atoms with Crippen molar-refractivity contribution in [3.63, 3.8) is 0 Å². The van der Waals surface area contributed by atoms with Gasteiger partial charge in [-0.2, -0.15) is 0 Å². The molecular weight excluding hydrogens is 520 g/mol. The second-order valence-corrected chi connectivity index (χ2v) is 16.3. The summed E-state index contributed by atoms with van der Waals surface area (Å²) < 4.78 is 14.2. The van der Waals surface area contributed by atoms with Gasteiger partial charge in [-0.05, 0) is 42.6 Å². The SMILES string of the molecule is COc1cc(C(=O)N2CCC(c3cn(C)c(=O)n(C)c3=O)=C[C@H]2CO[Si](C)(C)C(C)(C)C)c([N+](=O)[O-])cc1C. The molecule has 1 aromatic heterocycles. The third kappa shape index (κ3) is 5.91. The molecule has 212 valence electrons. The Morgan fingerprint density at radius 1 is 1.21 bits per heavy atom. The summed E-state index contributed by atoms with van der Waals surface area (Å²) in [5.74, 6) is -0.146. The van der Waals surface area contributed by atoms with Crippen LogP contribution in [0.3, 0.4) is 0 Å². The summed E-state index contributed by atoms with van der Waals surface area (Å²) >= 11 is 0. The van der Waals surface area contributed by atoms with Crippen molar-refractivity contribution >= 4 is 25.5 Å². The zero-order valence-electron chi connectivity index (χ0n) is 24.2. The van der Waals surface area contributed by atoms with E-state index in [2.05, 4.69) is 33.9 Å². The fourth-order valence-electron chi connectivity index (χ4n) is 4.34. The number of aryl methyl sites for hydroxylation is 2. The van der Waals surface area contributed by atoms with Crippen LogP contribution in [0.1, 0.15) is 48.7 Å². The van der Waals surface area contributed by atoms with Crippen LogP contribution in [0.15, 0.2) is 34.0 Å². The maximum Gasteiger partial charge on any atom is 0.330 e. The van der Waals surface area contributed by atoms with Crippen LogP contribution in [0, 0.1) is 17.0 Å². The predicted octanol–water partition coefficient (Wildman–Crippen LogP) is 3.63. The zero-order chi connectivity index (χ0) is 29.4. The summed E-state index contributed by atoms with van der Waals surface area (Å²) in [6, 6.07) is 2.15. The molecule has 2 aromatic rings. The molecule has 3 rings (SSSR count). The van der Waals surface area contributed by atoms with Crippen molar-refractivity contribution in [2.75, 3.05) is 20.3 Å². The molecule has 39 heavy (non-hydrogen) atoms. The number of nitrogens with zero attached hydrogens (tertiary/aromatic N) is 4. The number of benzene rings is 1. The quantitative estimate of drug-likeness (QED) is 0.289. The molecule has 12 heteroatoms. The molecule has 1 atom stereocenters. The second-order valence-electron chi connectivity index (χ2n) is 11.5. The number of carbonyl (C=O) groups is 1. The lowest BCUT2D eigenvalue weighted by Crippen LogP contribution is -2.49. The van der Waals surface area contributed by atoms with Crippen molar-refractivity contribution in [2.45, 2.75) is 58.3 Å². The minimum Gasteiger partial charge on any atom is -0.496 e. The van der Waals surface area contributed by atoms with Crippen molar-refractivity contribution < 1.29 is 18.9 Å². The van der Waals surface area contributed by atoms with Crippen LogP contribution in [-0.4, -0.2) is 59.5 Å². The van der Waals surface area contributed by atoms with Crippen molar-refractivity contribution in [2.24, 2.45) is 14.1 Å². The number of ether oxygens (including phenoxy) is 1. The summed E-state index contributed by atoms with van der Waals surface area (Å²) in [4.78, 5) is 51.9. The Balaban J connectivity index is 2.12. The van der Waals surface area contributed by atoms with Gasteiger partial charge in [-0.15, -0.1) is 0 Å². The van der Waals surface area contributed by atoms with E-state index in [1.807, 2.05) is 6.08 Å². The smallest absolute Gasteiger partial charge is 0.330 e. The number of rotatable bonds is 7. The van der Waals surface area contributed by atoms with E-state index in [4.69, 9.17) is 9.16 Å². The van der Waals surface area contributed by atoms with Gasteiger partial charge in [0, 0.05) is 39.0 Å². The van der Waals surface area contributed by atoms with Gasteiger partial charge in [0.2, 0.25) is 0 Å². The first kappa shape index (κ1) is 30.0. The van der Waals surface area contributed by atoms with E-state index in [1.165, 1.54) is 37.1 Å². The molecular formula is C27H38N4O7Si. The Hall–Kier alpha value is -3.51. The molecule has 0 saturated carbocycles. The van der Waals surface area contributed by atoms with Crippen LogP contribution in [-0.2, 0) is 18.5 Å². The monoisotopic (exact) mass is 558 g/mol. The number of methoxy groups -OCH3 is 1. The number of nitro benzene ring substituents is 1. The van der Waals surface area contributed by atoms with E-state index in [0.717, 1.165) is 4.57 Å². The molecule has 1 amide bonds. The molecule has 0 aliphatic carbocycles. The molecule has 0 spiro atoms. The largest absolute Gasteiger partial charge is 0.496 e. The van der Waals surface area contributed by atoms with E-state index in [1.54, 1.807) is 18.9 Å². The van der Waals surface area contributed by atoms with Crippen LogP contribution < -0.4 is 16.0 Å². The van der Waals surface area contributed by atoms with E-state index in [9.17, 15) is 24.5 Å². The first-order valence-electron chi connectivity index (χ1n) is 12.8. The summed E-state index contributed by atoms with van der Waals surface area (Å²) in [6.45, 7) is 12.6. The third-order valence-electron chi connectivity index (χ3n) is 7.83. The molecule has 0 radical (unpaired) electrons. The van der Waals surface area contributed by atoms with Crippen molar-refractivity contribution in [1.82, 2.24) is 14.0 Å². The van der Waals surface area contributed by atoms with E-state index in [0.29, 0.717) is 28.9 Å². The molecule has 1 aliphatic rings. The Bertz CT molecular complexity index is 1450. The topological polar surface area (TPSA) is 126 Å². The Morgan fingerprint density at radius 2 is 1.85 bits per heavy atom. The number of hydrogen-bond acceptors (Lipinski definition) is 7. The summed E-state index contributed by atoms with van der Waals surface area (Å²) in [6.07, 6.45) is 3.65. The molecule has 0 saturated heterocycles. The van der Waals surface area contributed by atoms with Gasteiger partial charge in [-0.1, -0.05) is 26.8 Å². The molecule has 1 aromatic carbocycles. The average molecular weight is 559 g/mol. The summed E-state index contributed by atoms with van der Waals surface area (Å²) in [5, 5.41) is 11.8. The third-order valence-corrected chi connectivity index (χ3v) is 12.3. The molecule has 0 fully saturated rings. The zero-order valence-corrected chi connectivity index (χ0v) is 25.2. The lowest BCUT2D eigenvalue weighted by molar-refractivity contribution is -0.385. The second kappa shape index (κ2) is 10.9. The van der Waals surface area contributed by atoms with Gasteiger partial charge in [0.25, 0.3) is 17.2 Å². The van der Waals surface area contributed by atoms with E-state index < -0.39 is 36.4 Å². The highest BCUT2D eigenvalue weighted by Gasteiger charge is 2.39. The van der Waals surface area contributed by atoms with Crippen molar-refractivity contribution in [1.29, 1.82) is 0 Å². The van der Waals surface area contributed by atoms with Gasteiger partial charge in [0.05, 0.1) is 30.2 Å². The van der Waals surface area contributed by atoms with E-state index >= 15 is 0 Å². The van der Waals surface area contributed by atoms with Crippen LogP contribution in [0.25, 0.3) is 5.57 Å². The standard InChI is InChI=1S/C27H38N4O7Si/c1-17-12-22(31(35)36)20(14-23(17)37-7)25(33)30-11-10-18(21-15-28(5)26(34)29(6)24(21)32)13-19(30)16-38-39(8,9)27(2,3)4/h12-15,19H,10-11,16H2,1-9H3/t19-/m0/s1. The molecule has 0 N–H and O–H groups in total. The van der Waals surface area contributed by atoms with Gasteiger partial charge >= 0.3 is 5.69 Å². The normalized spacial score (nSPS) is 16.2. The first-order chi connectivity index (χ1) is 18.0. The van der Waals surface area contributed by atoms with Crippen molar-refractivity contribution in [3.05, 3.63) is 72.0 Å². The lowest BCUT2D eigenvalue weighted by atomic mass is 9.96. The van der Waals surface area contributed by atoms with Crippen LogP contribution in [0.2, 0.25) is 18.1 Å². The minimum absolute atomic E-state index is 0.0744. The number of nitro groups is 1. The van der Waals surface area contributed by atoms with Crippen LogP contribution in [0.5, 0.6) is 5.75 Å². The van der Waals surface area contributed by atoms with Gasteiger partial charge in [-0.3, -0.25) is 24.3 Å². The van der Waals surface area contributed by atoms with Gasteiger partial charge in [0.1, 0.15) is 11.3 Å². The van der Waals surface area contributed by atoms with Crippen LogP contribution in [0.4, 0.5) is 5.69 Å². The molecule has 11 nitrogen and oxygen atoms in total. The maximum atomic E-state index is 13.9. The molecule has 2 heterocycles. The molecule has 1 aliphatic heterocycles. The van der Waals surface area contributed by atoms with Crippen molar-refractivity contribution in [3.8, 4) is 5.75 Å². The Kier molecular flexibility index (Phi) is 8.42. The Labute approximate surface area is 228 Å². The Morgan fingerprint density at radius 3 is 2.41 bits per heavy atom. The summed E-state index contributed by atoms with van der Waals surface area (Å²) in [5.41, 5.74) is 0.369. The predicted molar refractivity (Wildman–Crippen MR) is 152 cm³/mol. The fourth-order valence-corrected chi connectivity index (χ4v) is 5.36. The first-order valence-corrected chi connectivity index (χ1v) is 15.7. The summed E-state index contributed by atoms with van der Waals surface area (Å²) in [7, 11) is 2.22. The maximum absolute atomic E-state index is 13.9.